The van der Waals surface area contributed by atoms with E-state index in [0.29, 0.717) is 0 Å². The molecule has 2 nitrogen and oxygen atoms in total. The highest BCUT2D eigenvalue weighted by molar-refractivity contribution is 6.22. The van der Waals surface area contributed by atoms with E-state index in [-0.39, 0.29) is 0 Å². The van der Waals surface area contributed by atoms with Gasteiger partial charge < -0.3 is 0 Å². The van der Waals surface area contributed by atoms with Gasteiger partial charge in [-0.25, -0.2) is 4.98 Å². The minimum absolute atomic E-state index is 0.927. The lowest BCUT2D eigenvalue weighted by Gasteiger charge is -2.19. The van der Waals surface area contributed by atoms with Crippen LogP contribution in [-0.2, 0) is 0 Å². The highest BCUT2D eigenvalue weighted by Gasteiger charge is 2.19. The van der Waals surface area contributed by atoms with Crippen molar-refractivity contribution in [3.63, 3.8) is 0 Å². The van der Waals surface area contributed by atoms with Crippen molar-refractivity contribution in [1.82, 2.24) is 9.97 Å². The molecule has 2 aromatic heterocycles. The molecule has 0 aliphatic rings. The van der Waals surface area contributed by atoms with Crippen molar-refractivity contribution in [2.75, 3.05) is 0 Å². The van der Waals surface area contributed by atoms with Crippen LogP contribution >= 0.6 is 0 Å². The van der Waals surface area contributed by atoms with Gasteiger partial charge in [0.25, 0.3) is 0 Å². The monoisotopic (exact) mass is 622 g/mol. The Hall–Kier alpha value is -6.38. The summed E-state index contributed by atoms with van der Waals surface area (Å²) in [7, 11) is 0. The Labute approximate surface area is 283 Å². The van der Waals surface area contributed by atoms with E-state index in [0.717, 1.165) is 33.1 Å². The minimum Gasteiger partial charge on any atom is -0.254 e. The molecule has 0 fully saturated rings. The number of aromatic nitrogens is 2. The van der Waals surface area contributed by atoms with Crippen LogP contribution in [0.25, 0.3) is 98.4 Å². The van der Waals surface area contributed by atoms with Gasteiger partial charge in [0.15, 0.2) is 0 Å². The SMILES string of the molecule is Cc1cccc2cc(-c3c4ccccc4c(-c4ccc5ccccc5c4)c4cc(-c5ccc6ccc7cccnc7c6n5)ccc34)ccc12. The fourth-order valence-corrected chi connectivity index (χ4v) is 7.79. The number of rotatable bonds is 3. The molecular formula is C47H30N2. The van der Waals surface area contributed by atoms with E-state index in [1.165, 1.54) is 70.9 Å². The standard InChI is InChI=1S/C47H30N2/c1-29-8-6-11-34-27-37(20-22-38(29)34)44-39-13-4-5-14-40(39)45(36-18-15-30-9-2-3-10-33(30)26-36)42-28-35(19-23-41(42)44)43-24-21-32-17-16-31-12-7-25-48-46(31)47(32)49-43/h2-28H,1H3. The molecule has 228 valence electrons. The summed E-state index contributed by atoms with van der Waals surface area (Å²) in [6, 6.07) is 57.4. The molecule has 0 saturated carbocycles. The number of fused-ring (bicyclic) bond motifs is 7. The zero-order valence-electron chi connectivity index (χ0n) is 27.0. The molecule has 0 aliphatic carbocycles. The van der Waals surface area contributed by atoms with Crippen molar-refractivity contribution >= 4 is 64.9 Å². The molecule has 8 aromatic carbocycles. The number of aryl methyl sites for hydroxylation is 1. The summed E-state index contributed by atoms with van der Waals surface area (Å²) in [6.07, 6.45) is 1.85. The van der Waals surface area contributed by atoms with Crippen LogP contribution in [0.4, 0.5) is 0 Å². The maximum Gasteiger partial charge on any atom is 0.0972 e. The Morgan fingerprint density at radius 3 is 1.82 bits per heavy atom. The quantitative estimate of drug-likeness (QED) is 0.145. The van der Waals surface area contributed by atoms with E-state index in [2.05, 4.69) is 159 Å². The lowest BCUT2D eigenvalue weighted by molar-refractivity contribution is 1.37. The second kappa shape index (κ2) is 10.8. The van der Waals surface area contributed by atoms with Crippen LogP contribution in [0.2, 0.25) is 0 Å². The second-order valence-corrected chi connectivity index (χ2v) is 13.0. The molecule has 2 heteroatoms. The van der Waals surface area contributed by atoms with Crippen molar-refractivity contribution in [2.24, 2.45) is 0 Å². The van der Waals surface area contributed by atoms with Crippen LogP contribution in [0.5, 0.6) is 0 Å². The summed E-state index contributed by atoms with van der Waals surface area (Å²) in [5.74, 6) is 0. The molecule has 0 aliphatic heterocycles. The number of hydrogen-bond donors (Lipinski definition) is 0. The number of hydrogen-bond acceptors (Lipinski definition) is 2. The van der Waals surface area contributed by atoms with Crippen LogP contribution in [0.3, 0.4) is 0 Å². The molecule has 2 heterocycles. The van der Waals surface area contributed by atoms with Gasteiger partial charge in [-0.05, 0) is 108 Å². The minimum atomic E-state index is 0.927. The molecule has 0 atom stereocenters. The first kappa shape index (κ1) is 27.7. The van der Waals surface area contributed by atoms with Crippen LogP contribution in [0, 0.1) is 6.92 Å². The van der Waals surface area contributed by atoms with E-state index in [9.17, 15) is 0 Å². The van der Waals surface area contributed by atoms with Gasteiger partial charge in [0.2, 0.25) is 0 Å². The molecule has 0 saturated heterocycles. The van der Waals surface area contributed by atoms with Gasteiger partial charge in [-0.3, -0.25) is 4.98 Å². The average Bonchev–Trinajstić information content (AvgIpc) is 3.16. The molecule has 49 heavy (non-hydrogen) atoms. The van der Waals surface area contributed by atoms with Gasteiger partial charge in [0.05, 0.1) is 16.7 Å². The lowest BCUT2D eigenvalue weighted by atomic mass is 9.84. The smallest absolute Gasteiger partial charge is 0.0972 e. The van der Waals surface area contributed by atoms with E-state index in [1.807, 2.05) is 12.3 Å². The molecule has 0 N–H and O–H groups in total. The van der Waals surface area contributed by atoms with Gasteiger partial charge in [-0.2, -0.15) is 0 Å². The predicted molar refractivity (Wildman–Crippen MR) is 208 cm³/mol. The van der Waals surface area contributed by atoms with E-state index >= 15 is 0 Å². The third kappa shape index (κ3) is 4.42. The number of benzene rings is 8. The predicted octanol–water partition coefficient (Wildman–Crippen LogP) is 12.7. The van der Waals surface area contributed by atoms with E-state index in [1.54, 1.807) is 0 Å². The summed E-state index contributed by atoms with van der Waals surface area (Å²) in [6.45, 7) is 2.19. The maximum atomic E-state index is 5.25. The molecule has 0 bridgehead atoms. The molecule has 10 rings (SSSR count). The third-order valence-electron chi connectivity index (χ3n) is 10.2. The van der Waals surface area contributed by atoms with Crippen LogP contribution < -0.4 is 0 Å². The Morgan fingerprint density at radius 2 is 0.959 bits per heavy atom. The summed E-state index contributed by atoms with van der Waals surface area (Å²) in [4.78, 5) is 9.96. The summed E-state index contributed by atoms with van der Waals surface area (Å²) >= 11 is 0. The molecule has 0 spiro atoms. The summed E-state index contributed by atoms with van der Waals surface area (Å²) in [5, 5.41) is 12.1. The highest BCUT2D eigenvalue weighted by atomic mass is 14.7. The van der Waals surface area contributed by atoms with Crippen LogP contribution in [-0.4, -0.2) is 9.97 Å². The Kier molecular flexibility index (Phi) is 6.13. The number of nitrogens with zero attached hydrogens (tertiary/aromatic N) is 2. The summed E-state index contributed by atoms with van der Waals surface area (Å²) in [5.41, 5.74) is 10.1. The highest BCUT2D eigenvalue weighted by Crippen LogP contribution is 2.45. The van der Waals surface area contributed by atoms with Crippen LogP contribution in [0.15, 0.2) is 164 Å². The molecular weight excluding hydrogens is 593 g/mol. The van der Waals surface area contributed by atoms with Gasteiger partial charge in [-0.1, -0.05) is 127 Å². The van der Waals surface area contributed by atoms with Crippen molar-refractivity contribution < 1.29 is 0 Å². The largest absolute Gasteiger partial charge is 0.254 e. The first-order valence-corrected chi connectivity index (χ1v) is 16.8. The normalized spacial score (nSPS) is 11.8. The number of pyridine rings is 2. The fraction of sp³-hybridized carbons (Fsp3) is 0.0213. The van der Waals surface area contributed by atoms with Crippen molar-refractivity contribution in [3.05, 3.63) is 169 Å². The molecule has 0 amide bonds. The maximum absolute atomic E-state index is 5.25. The zero-order chi connectivity index (χ0) is 32.5. The first-order valence-electron chi connectivity index (χ1n) is 16.8. The topological polar surface area (TPSA) is 25.8 Å². The molecule has 0 radical (unpaired) electrons. The van der Waals surface area contributed by atoms with Gasteiger partial charge >= 0.3 is 0 Å². The fourth-order valence-electron chi connectivity index (χ4n) is 7.79. The average molecular weight is 623 g/mol. The van der Waals surface area contributed by atoms with Crippen molar-refractivity contribution in [3.8, 4) is 33.5 Å². The zero-order valence-corrected chi connectivity index (χ0v) is 27.0. The Bertz CT molecular complexity index is 2960. The second-order valence-electron chi connectivity index (χ2n) is 13.0. The Morgan fingerprint density at radius 1 is 0.367 bits per heavy atom. The van der Waals surface area contributed by atoms with Crippen LogP contribution in [0.1, 0.15) is 5.56 Å². The van der Waals surface area contributed by atoms with Crippen molar-refractivity contribution in [1.29, 1.82) is 0 Å². The first-order chi connectivity index (χ1) is 24.2. The molecule has 10 aromatic rings. The van der Waals surface area contributed by atoms with E-state index < -0.39 is 0 Å². The third-order valence-corrected chi connectivity index (χ3v) is 10.2. The van der Waals surface area contributed by atoms with Gasteiger partial charge in [0.1, 0.15) is 0 Å². The van der Waals surface area contributed by atoms with E-state index in [4.69, 9.17) is 9.97 Å². The van der Waals surface area contributed by atoms with Gasteiger partial charge in [-0.15, -0.1) is 0 Å². The van der Waals surface area contributed by atoms with Gasteiger partial charge in [0, 0.05) is 22.5 Å². The summed E-state index contributed by atoms with van der Waals surface area (Å²) < 4.78 is 0. The van der Waals surface area contributed by atoms with Crippen molar-refractivity contribution in [2.45, 2.75) is 6.92 Å². The molecule has 0 unspecified atom stereocenters. The lowest BCUT2D eigenvalue weighted by Crippen LogP contribution is -1.93. The Balaban J connectivity index is 1.30.